The van der Waals surface area contributed by atoms with E-state index >= 15 is 0 Å². The number of amides is 2. The van der Waals surface area contributed by atoms with Gasteiger partial charge in [-0.2, -0.15) is 0 Å². The first-order chi connectivity index (χ1) is 14.1. The van der Waals surface area contributed by atoms with E-state index in [0.29, 0.717) is 18.0 Å². The number of methoxy groups -OCH3 is 1. The van der Waals surface area contributed by atoms with Crippen LogP contribution in [0.1, 0.15) is 36.9 Å². The number of nitrogens with zero attached hydrogens (tertiary/aromatic N) is 1. The smallest absolute Gasteiger partial charge is 0.238 e. The zero-order valence-corrected chi connectivity index (χ0v) is 17.1. The summed E-state index contributed by atoms with van der Waals surface area (Å²) in [7, 11) is 1.57. The average molecular weight is 396 g/mol. The molecule has 0 radical (unpaired) electrons. The van der Waals surface area contributed by atoms with Crippen LogP contribution in [0.25, 0.3) is 0 Å². The van der Waals surface area contributed by atoms with E-state index in [1.165, 1.54) is 11.1 Å². The zero-order valence-electron chi connectivity index (χ0n) is 17.1. The molecule has 154 valence electrons. The van der Waals surface area contributed by atoms with Gasteiger partial charge in [0.2, 0.25) is 11.8 Å². The summed E-state index contributed by atoms with van der Waals surface area (Å²) in [5.74, 6) is 0.378. The fourth-order valence-corrected chi connectivity index (χ4v) is 3.77. The molecule has 6 heteroatoms. The first-order valence-electron chi connectivity index (χ1n) is 10.1. The highest BCUT2D eigenvalue weighted by atomic mass is 16.5. The van der Waals surface area contributed by atoms with Crippen LogP contribution < -0.4 is 15.4 Å². The van der Waals surface area contributed by atoms with Gasteiger partial charge < -0.3 is 15.4 Å². The molecule has 0 aliphatic heterocycles. The number of fused-ring (bicyclic) bond motifs is 1. The Balaban J connectivity index is 1.54. The van der Waals surface area contributed by atoms with E-state index in [1.807, 2.05) is 36.1 Å². The quantitative estimate of drug-likeness (QED) is 0.720. The molecule has 0 spiro atoms. The molecule has 1 atom stereocenters. The molecule has 3 rings (SSSR count). The topological polar surface area (TPSA) is 70.7 Å². The minimum Gasteiger partial charge on any atom is -0.495 e. The molecular formula is C23H29N3O3. The summed E-state index contributed by atoms with van der Waals surface area (Å²) in [5.41, 5.74) is 3.15. The summed E-state index contributed by atoms with van der Waals surface area (Å²) < 4.78 is 5.26. The minimum atomic E-state index is -0.174. The largest absolute Gasteiger partial charge is 0.495 e. The fourth-order valence-electron chi connectivity index (χ4n) is 3.77. The van der Waals surface area contributed by atoms with Crippen LogP contribution in [-0.2, 0) is 16.0 Å². The van der Waals surface area contributed by atoms with E-state index in [-0.39, 0.29) is 30.9 Å². The molecule has 1 aliphatic carbocycles. The van der Waals surface area contributed by atoms with E-state index < -0.39 is 0 Å². The highest BCUT2D eigenvalue weighted by molar-refractivity contribution is 5.94. The van der Waals surface area contributed by atoms with Gasteiger partial charge in [-0.1, -0.05) is 43.3 Å². The lowest BCUT2D eigenvalue weighted by Gasteiger charge is -2.27. The highest BCUT2D eigenvalue weighted by Crippen LogP contribution is 2.29. The van der Waals surface area contributed by atoms with Crippen molar-refractivity contribution in [1.82, 2.24) is 10.2 Å². The standard InChI is InChI=1S/C23H29N3O3/c1-3-26(16-23(28)25-20-12-6-7-14-21(20)29-2)15-22(27)24-19-13-8-10-17-9-4-5-11-18(17)19/h4-7,9,11-12,14,19H,3,8,10,13,15-16H2,1-2H3,(H,24,27)(H,25,28). The van der Waals surface area contributed by atoms with Crippen LogP contribution in [0.5, 0.6) is 5.75 Å². The van der Waals surface area contributed by atoms with Crippen LogP contribution in [0, 0.1) is 0 Å². The minimum absolute atomic E-state index is 0.0496. The predicted molar refractivity (Wildman–Crippen MR) is 114 cm³/mol. The van der Waals surface area contributed by atoms with E-state index in [2.05, 4.69) is 22.8 Å². The Morgan fingerprint density at radius 3 is 2.59 bits per heavy atom. The monoisotopic (exact) mass is 395 g/mol. The lowest BCUT2D eigenvalue weighted by molar-refractivity contribution is -0.124. The molecule has 2 aromatic rings. The first kappa shape index (κ1) is 20.9. The number of rotatable bonds is 8. The number of para-hydroxylation sites is 2. The van der Waals surface area contributed by atoms with Crippen molar-refractivity contribution in [3.63, 3.8) is 0 Å². The van der Waals surface area contributed by atoms with Crippen molar-refractivity contribution in [3.8, 4) is 5.75 Å². The van der Waals surface area contributed by atoms with Gasteiger partial charge >= 0.3 is 0 Å². The van der Waals surface area contributed by atoms with Crippen molar-refractivity contribution in [1.29, 1.82) is 0 Å². The number of likely N-dealkylation sites (N-methyl/N-ethyl adjacent to an activating group) is 1. The van der Waals surface area contributed by atoms with Gasteiger partial charge in [0.15, 0.2) is 0 Å². The van der Waals surface area contributed by atoms with Gasteiger partial charge in [0.05, 0.1) is 31.9 Å². The zero-order chi connectivity index (χ0) is 20.6. The van der Waals surface area contributed by atoms with Crippen LogP contribution in [0.4, 0.5) is 5.69 Å². The van der Waals surface area contributed by atoms with Crippen molar-refractivity contribution in [3.05, 3.63) is 59.7 Å². The highest BCUT2D eigenvalue weighted by Gasteiger charge is 2.22. The third-order valence-corrected chi connectivity index (χ3v) is 5.27. The Morgan fingerprint density at radius 1 is 1.07 bits per heavy atom. The molecule has 0 aromatic heterocycles. The van der Waals surface area contributed by atoms with Crippen LogP contribution in [0.15, 0.2) is 48.5 Å². The molecule has 0 heterocycles. The van der Waals surface area contributed by atoms with Gasteiger partial charge in [-0.25, -0.2) is 0 Å². The summed E-state index contributed by atoms with van der Waals surface area (Å²) in [4.78, 5) is 26.9. The lowest BCUT2D eigenvalue weighted by atomic mass is 9.88. The normalized spacial score (nSPS) is 15.5. The Morgan fingerprint density at radius 2 is 1.79 bits per heavy atom. The second-order valence-electron chi connectivity index (χ2n) is 7.26. The Kier molecular flexibility index (Phi) is 7.25. The van der Waals surface area contributed by atoms with Crippen LogP contribution in [0.2, 0.25) is 0 Å². The molecule has 0 saturated heterocycles. The molecular weight excluding hydrogens is 366 g/mol. The van der Waals surface area contributed by atoms with Gasteiger partial charge in [-0.3, -0.25) is 14.5 Å². The van der Waals surface area contributed by atoms with E-state index in [9.17, 15) is 9.59 Å². The number of carbonyl (C=O) groups is 2. The van der Waals surface area contributed by atoms with Crippen molar-refractivity contribution in [2.75, 3.05) is 32.1 Å². The van der Waals surface area contributed by atoms with E-state index in [4.69, 9.17) is 4.74 Å². The van der Waals surface area contributed by atoms with E-state index in [0.717, 1.165) is 19.3 Å². The second-order valence-corrected chi connectivity index (χ2v) is 7.26. The molecule has 1 unspecified atom stereocenters. The van der Waals surface area contributed by atoms with Crippen molar-refractivity contribution < 1.29 is 14.3 Å². The number of hydrogen-bond donors (Lipinski definition) is 2. The summed E-state index contributed by atoms with van der Waals surface area (Å²) >= 11 is 0. The molecule has 1 aliphatic rings. The first-order valence-corrected chi connectivity index (χ1v) is 10.1. The van der Waals surface area contributed by atoms with Crippen LogP contribution in [0.3, 0.4) is 0 Å². The summed E-state index contributed by atoms with van der Waals surface area (Å²) in [5, 5.41) is 6.01. The van der Waals surface area contributed by atoms with Crippen LogP contribution in [-0.4, -0.2) is 43.5 Å². The average Bonchev–Trinajstić information content (AvgIpc) is 2.74. The number of ether oxygens (including phenoxy) is 1. The van der Waals surface area contributed by atoms with Crippen molar-refractivity contribution in [2.45, 2.75) is 32.2 Å². The summed E-state index contributed by atoms with van der Waals surface area (Å²) in [6, 6.07) is 15.6. The van der Waals surface area contributed by atoms with Gasteiger partial charge in [0, 0.05) is 0 Å². The Bertz CT molecular complexity index is 853. The predicted octanol–water partition coefficient (Wildman–Crippen LogP) is 3.15. The molecule has 2 aromatic carbocycles. The van der Waals surface area contributed by atoms with Gasteiger partial charge in [0.25, 0.3) is 0 Å². The number of aryl methyl sites for hydroxylation is 1. The number of anilines is 1. The van der Waals surface area contributed by atoms with Crippen molar-refractivity contribution >= 4 is 17.5 Å². The van der Waals surface area contributed by atoms with Gasteiger partial charge in [-0.05, 0) is 49.1 Å². The summed E-state index contributed by atoms with van der Waals surface area (Å²) in [6.07, 6.45) is 3.08. The summed E-state index contributed by atoms with van der Waals surface area (Å²) in [6.45, 7) is 2.88. The fraction of sp³-hybridized carbons (Fsp3) is 0.391. The molecule has 0 saturated carbocycles. The third-order valence-electron chi connectivity index (χ3n) is 5.27. The second kappa shape index (κ2) is 10.1. The Hall–Kier alpha value is -2.86. The maximum atomic E-state index is 12.6. The third kappa shape index (κ3) is 5.57. The van der Waals surface area contributed by atoms with Crippen LogP contribution >= 0.6 is 0 Å². The molecule has 6 nitrogen and oxygen atoms in total. The number of nitrogens with one attached hydrogen (secondary N) is 2. The van der Waals surface area contributed by atoms with Gasteiger partial charge in [-0.15, -0.1) is 0 Å². The molecule has 0 fully saturated rings. The SMILES string of the molecule is CCN(CC(=O)Nc1ccccc1OC)CC(=O)NC1CCCc2ccccc21. The lowest BCUT2D eigenvalue weighted by Crippen LogP contribution is -2.42. The molecule has 2 N–H and O–H groups in total. The number of carbonyl (C=O) groups excluding carboxylic acids is 2. The molecule has 0 bridgehead atoms. The molecule has 29 heavy (non-hydrogen) atoms. The maximum Gasteiger partial charge on any atom is 0.238 e. The van der Waals surface area contributed by atoms with E-state index in [1.54, 1.807) is 19.2 Å². The molecule has 2 amide bonds. The number of hydrogen-bond acceptors (Lipinski definition) is 4. The Labute approximate surface area is 172 Å². The number of benzene rings is 2. The maximum absolute atomic E-state index is 12.6. The van der Waals surface area contributed by atoms with Gasteiger partial charge in [0.1, 0.15) is 5.75 Å². The van der Waals surface area contributed by atoms with Crippen molar-refractivity contribution in [2.24, 2.45) is 0 Å².